The average molecular weight is 270 g/mol. The minimum atomic E-state index is -0.947. The lowest BCUT2D eigenvalue weighted by molar-refractivity contribution is -0.138. The lowest BCUT2D eigenvalue weighted by atomic mass is 10.0. The molecule has 0 aromatic carbocycles. The molecule has 5 nitrogen and oxygen atoms in total. The molecule has 2 atom stereocenters. The van der Waals surface area contributed by atoms with Gasteiger partial charge in [0.15, 0.2) is 0 Å². The number of amides is 2. The van der Waals surface area contributed by atoms with Crippen LogP contribution in [0.25, 0.3) is 0 Å². The molecule has 1 aliphatic heterocycles. The van der Waals surface area contributed by atoms with E-state index in [1.54, 1.807) is 0 Å². The first-order valence-electron chi connectivity index (χ1n) is 7.23. The summed E-state index contributed by atoms with van der Waals surface area (Å²) in [6.07, 6.45) is 3.93. The summed E-state index contributed by atoms with van der Waals surface area (Å²) in [5.74, 6) is -0.300. The topological polar surface area (TPSA) is 60.9 Å². The molecule has 0 aromatic rings. The van der Waals surface area contributed by atoms with E-state index < -0.39 is 5.97 Å². The van der Waals surface area contributed by atoms with Gasteiger partial charge in [-0.05, 0) is 38.5 Å². The van der Waals surface area contributed by atoms with Crippen LogP contribution in [-0.2, 0) is 4.79 Å². The molecule has 0 saturated carbocycles. The van der Waals surface area contributed by atoms with Crippen LogP contribution in [0.1, 0.15) is 46.5 Å². The predicted molar refractivity (Wildman–Crippen MR) is 74.1 cm³/mol. The first-order chi connectivity index (χ1) is 8.95. The van der Waals surface area contributed by atoms with Gasteiger partial charge < -0.3 is 14.9 Å². The second-order valence-electron chi connectivity index (χ2n) is 5.58. The Hall–Kier alpha value is -1.26. The van der Waals surface area contributed by atoms with Crippen molar-refractivity contribution in [2.75, 3.05) is 19.6 Å². The van der Waals surface area contributed by atoms with Crippen LogP contribution in [0.4, 0.5) is 4.79 Å². The fourth-order valence-corrected chi connectivity index (χ4v) is 2.41. The predicted octanol–water partition coefficient (Wildman–Crippen LogP) is 2.41. The van der Waals surface area contributed by atoms with Crippen molar-refractivity contribution in [3.8, 4) is 0 Å². The number of hydrogen-bond acceptors (Lipinski definition) is 2. The minimum Gasteiger partial charge on any atom is -0.480 e. The van der Waals surface area contributed by atoms with Crippen molar-refractivity contribution >= 4 is 12.0 Å². The number of carboxylic acid groups (broad SMARTS) is 1. The Morgan fingerprint density at radius 2 is 2.05 bits per heavy atom. The monoisotopic (exact) mass is 270 g/mol. The van der Waals surface area contributed by atoms with E-state index in [2.05, 4.69) is 6.92 Å². The lowest BCUT2D eigenvalue weighted by Crippen LogP contribution is -2.49. The Balaban J connectivity index is 2.71. The van der Waals surface area contributed by atoms with E-state index in [0.717, 1.165) is 38.8 Å². The third-order valence-electron chi connectivity index (χ3n) is 3.96. The van der Waals surface area contributed by atoms with E-state index in [4.69, 9.17) is 5.11 Å². The van der Waals surface area contributed by atoms with Gasteiger partial charge in [0.1, 0.15) is 6.54 Å². The Morgan fingerprint density at radius 1 is 1.37 bits per heavy atom. The summed E-state index contributed by atoms with van der Waals surface area (Å²) >= 11 is 0. The van der Waals surface area contributed by atoms with Gasteiger partial charge in [-0.15, -0.1) is 0 Å². The van der Waals surface area contributed by atoms with Gasteiger partial charge in [-0.25, -0.2) is 4.79 Å². The van der Waals surface area contributed by atoms with Crippen molar-refractivity contribution in [3.63, 3.8) is 0 Å². The molecule has 0 aliphatic carbocycles. The largest absolute Gasteiger partial charge is 0.480 e. The standard InChI is InChI=1S/C14H26N2O3/c1-4-12(3)16(10-13(17)18)14(19)15-8-5-6-11(2)7-9-15/h11-12H,4-10H2,1-3H3,(H,17,18). The number of urea groups is 1. The molecule has 0 aromatic heterocycles. The van der Waals surface area contributed by atoms with Crippen LogP contribution in [-0.4, -0.2) is 52.6 Å². The number of carbonyl (C=O) groups is 2. The molecule has 1 heterocycles. The molecule has 1 N–H and O–H groups in total. The van der Waals surface area contributed by atoms with Crippen LogP contribution >= 0.6 is 0 Å². The maximum absolute atomic E-state index is 12.5. The third-order valence-corrected chi connectivity index (χ3v) is 3.96. The number of carboxylic acids is 1. The molecule has 1 aliphatic rings. The molecular weight excluding hydrogens is 244 g/mol. The summed E-state index contributed by atoms with van der Waals surface area (Å²) in [6.45, 7) is 7.36. The van der Waals surface area contributed by atoms with E-state index in [9.17, 15) is 9.59 Å². The highest BCUT2D eigenvalue weighted by Gasteiger charge is 2.27. The quantitative estimate of drug-likeness (QED) is 0.853. The van der Waals surface area contributed by atoms with Gasteiger partial charge in [-0.1, -0.05) is 13.8 Å². The van der Waals surface area contributed by atoms with Crippen molar-refractivity contribution in [3.05, 3.63) is 0 Å². The number of aliphatic carboxylic acids is 1. The molecule has 5 heteroatoms. The zero-order valence-corrected chi connectivity index (χ0v) is 12.3. The lowest BCUT2D eigenvalue weighted by Gasteiger charge is -2.32. The maximum Gasteiger partial charge on any atom is 0.323 e. The van der Waals surface area contributed by atoms with Crippen LogP contribution in [0.3, 0.4) is 0 Å². The number of likely N-dealkylation sites (tertiary alicyclic amines) is 1. The molecule has 0 radical (unpaired) electrons. The van der Waals surface area contributed by atoms with E-state index in [1.165, 1.54) is 4.90 Å². The van der Waals surface area contributed by atoms with E-state index in [1.807, 2.05) is 18.7 Å². The minimum absolute atomic E-state index is 0.0377. The summed E-state index contributed by atoms with van der Waals surface area (Å²) in [6, 6.07) is -0.157. The highest BCUT2D eigenvalue weighted by Crippen LogP contribution is 2.18. The summed E-state index contributed by atoms with van der Waals surface area (Å²) in [5.41, 5.74) is 0. The summed E-state index contributed by atoms with van der Waals surface area (Å²) in [4.78, 5) is 26.7. The fraction of sp³-hybridized carbons (Fsp3) is 0.857. The zero-order valence-electron chi connectivity index (χ0n) is 12.3. The number of nitrogens with zero attached hydrogens (tertiary/aromatic N) is 2. The number of rotatable bonds is 4. The second kappa shape index (κ2) is 7.36. The molecule has 19 heavy (non-hydrogen) atoms. The normalized spacial score (nSPS) is 21.6. The van der Waals surface area contributed by atoms with Gasteiger partial charge >= 0.3 is 12.0 Å². The molecular formula is C14H26N2O3. The van der Waals surface area contributed by atoms with Crippen LogP contribution in [0.15, 0.2) is 0 Å². The summed E-state index contributed by atoms with van der Waals surface area (Å²) in [7, 11) is 0. The van der Waals surface area contributed by atoms with Gasteiger partial charge in [0.2, 0.25) is 0 Å². The molecule has 110 valence electrons. The van der Waals surface area contributed by atoms with Crippen molar-refractivity contribution in [2.45, 2.75) is 52.5 Å². The van der Waals surface area contributed by atoms with Crippen LogP contribution in [0, 0.1) is 5.92 Å². The van der Waals surface area contributed by atoms with Crippen molar-refractivity contribution in [1.29, 1.82) is 0 Å². The molecule has 2 amide bonds. The highest BCUT2D eigenvalue weighted by molar-refractivity contribution is 5.80. The Morgan fingerprint density at radius 3 is 2.63 bits per heavy atom. The molecule has 0 bridgehead atoms. The van der Waals surface area contributed by atoms with E-state index in [0.29, 0.717) is 5.92 Å². The first-order valence-corrected chi connectivity index (χ1v) is 7.23. The van der Waals surface area contributed by atoms with Gasteiger partial charge in [0, 0.05) is 19.1 Å². The van der Waals surface area contributed by atoms with Crippen molar-refractivity contribution in [1.82, 2.24) is 9.80 Å². The van der Waals surface area contributed by atoms with Gasteiger partial charge in [0.05, 0.1) is 0 Å². The smallest absolute Gasteiger partial charge is 0.323 e. The SMILES string of the molecule is CCC(C)N(CC(=O)O)C(=O)N1CCCC(C)CC1. The van der Waals surface area contributed by atoms with Gasteiger partial charge in [0.25, 0.3) is 0 Å². The maximum atomic E-state index is 12.5. The summed E-state index contributed by atoms with van der Waals surface area (Å²) < 4.78 is 0. The Labute approximate surface area is 115 Å². The molecule has 1 fully saturated rings. The molecule has 2 unspecified atom stereocenters. The molecule has 1 saturated heterocycles. The third kappa shape index (κ3) is 4.73. The Kier molecular flexibility index (Phi) is 6.12. The van der Waals surface area contributed by atoms with Crippen LogP contribution < -0.4 is 0 Å². The fourth-order valence-electron chi connectivity index (χ4n) is 2.41. The van der Waals surface area contributed by atoms with E-state index in [-0.39, 0.29) is 18.6 Å². The van der Waals surface area contributed by atoms with Gasteiger partial charge in [-0.3, -0.25) is 4.79 Å². The first kappa shape index (κ1) is 15.8. The average Bonchev–Trinajstić information content (AvgIpc) is 2.59. The zero-order chi connectivity index (χ0) is 14.4. The number of carbonyl (C=O) groups excluding carboxylic acids is 1. The Bertz CT molecular complexity index is 320. The van der Waals surface area contributed by atoms with Crippen molar-refractivity contribution in [2.24, 2.45) is 5.92 Å². The molecule has 1 rings (SSSR count). The van der Waals surface area contributed by atoms with Crippen molar-refractivity contribution < 1.29 is 14.7 Å². The van der Waals surface area contributed by atoms with Crippen LogP contribution in [0.2, 0.25) is 0 Å². The number of hydrogen-bond donors (Lipinski definition) is 1. The second-order valence-corrected chi connectivity index (χ2v) is 5.58. The summed E-state index contributed by atoms with van der Waals surface area (Å²) in [5, 5.41) is 8.96. The van der Waals surface area contributed by atoms with E-state index >= 15 is 0 Å². The molecule has 0 spiro atoms. The van der Waals surface area contributed by atoms with Crippen LogP contribution in [0.5, 0.6) is 0 Å². The van der Waals surface area contributed by atoms with Gasteiger partial charge in [-0.2, -0.15) is 0 Å². The highest BCUT2D eigenvalue weighted by atomic mass is 16.4.